The molecule has 2 aliphatic rings. The number of aliphatic hydroxyl groups excluding tert-OH is 2. The minimum absolute atomic E-state index is 0.251. The summed E-state index contributed by atoms with van der Waals surface area (Å²) in [6, 6.07) is -0.251. The Bertz CT molecular complexity index is 258. The van der Waals surface area contributed by atoms with Crippen LogP contribution in [0.3, 0.4) is 0 Å². The standard InChI is InChI=1S/C10H17NO4/c1-2-15-10(14)8-7(13)5-11-4-3-6(12)9(8)11/h6-9,12-13H,2-5H2,1H3/t6-,7-,8-,9-/m0/s1. The molecule has 0 radical (unpaired) electrons. The minimum Gasteiger partial charge on any atom is -0.466 e. The molecule has 0 aliphatic carbocycles. The zero-order chi connectivity index (χ0) is 11.0. The summed E-state index contributed by atoms with van der Waals surface area (Å²) in [5, 5.41) is 19.5. The topological polar surface area (TPSA) is 70.0 Å². The number of rotatable bonds is 2. The van der Waals surface area contributed by atoms with Gasteiger partial charge in [-0.25, -0.2) is 0 Å². The van der Waals surface area contributed by atoms with Gasteiger partial charge < -0.3 is 14.9 Å². The van der Waals surface area contributed by atoms with Crippen LogP contribution < -0.4 is 0 Å². The van der Waals surface area contributed by atoms with E-state index < -0.39 is 24.1 Å². The molecule has 0 aromatic carbocycles. The summed E-state index contributed by atoms with van der Waals surface area (Å²) in [5.74, 6) is -0.971. The van der Waals surface area contributed by atoms with Crippen molar-refractivity contribution in [1.82, 2.24) is 4.90 Å². The highest BCUT2D eigenvalue weighted by atomic mass is 16.5. The molecule has 0 amide bonds. The minimum atomic E-state index is -0.705. The van der Waals surface area contributed by atoms with Gasteiger partial charge in [-0.15, -0.1) is 0 Å². The molecule has 2 saturated heterocycles. The Morgan fingerprint density at radius 1 is 1.47 bits per heavy atom. The molecule has 0 aromatic heterocycles. The van der Waals surface area contributed by atoms with E-state index in [0.717, 1.165) is 6.54 Å². The maximum Gasteiger partial charge on any atom is 0.313 e. The Balaban J connectivity index is 2.11. The second kappa shape index (κ2) is 4.08. The number of nitrogens with zero attached hydrogens (tertiary/aromatic N) is 1. The summed E-state index contributed by atoms with van der Waals surface area (Å²) in [6.07, 6.45) is -0.548. The largest absolute Gasteiger partial charge is 0.466 e. The lowest BCUT2D eigenvalue weighted by Gasteiger charge is -2.22. The van der Waals surface area contributed by atoms with Crippen LogP contribution in [0.15, 0.2) is 0 Å². The van der Waals surface area contributed by atoms with Gasteiger partial charge in [0.25, 0.3) is 0 Å². The first-order valence-corrected chi connectivity index (χ1v) is 5.42. The fourth-order valence-corrected chi connectivity index (χ4v) is 2.66. The van der Waals surface area contributed by atoms with Crippen LogP contribution in [0.4, 0.5) is 0 Å². The molecule has 2 fully saturated rings. The third-order valence-electron chi connectivity index (χ3n) is 3.29. The Labute approximate surface area is 88.6 Å². The fraction of sp³-hybridized carbons (Fsp3) is 0.900. The number of carbonyl (C=O) groups excluding carboxylic acids is 1. The Hall–Kier alpha value is -0.650. The highest BCUT2D eigenvalue weighted by Gasteiger charge is 2.51. The monoisotopic (exact) mass is 215 g/mol. The summed E-state index contributed by atoms with van der Waals surface area (Å²) in [5.41, 5.74) is 0. The van der Waals surface area contributed by atoms with Crippen LogP contribution in [0.2, 0.25) is 0 Å². The zero-order valence-electron chi connectivity index (χ0n) is 8.80. The number of fused-ring (bicyclic) bond motifs is 1. The average molecular weight is 215 g/mol. The van der Waals surface area contributed by atoms with Crippen molar-refractivity contribution >= 4 is 5.97 Å². The molecule has 0 bridgehead atoms. The van der Waals surface area contributed by atoms with Gasteiger partial charge >= 0.3 is 5.97 Å². The SMILES string of the molecule is CCOC(=O)[C@@H]1[C@@H]2[C@@H](O)CCN2C[C@@H]1O. The first-order valence-electron chi connectivity index (χ1n) is 5.42. The Morgan fingerprint density at radius 2 is 2.20 bits per heavy atom. The molecule has 5 heteroatoms. The van der Waals surface area contributed by atoms with Crippen molar-refractivity contribution in [2.45, 2.75) is 31.6 Å². The van der Waals surface area contributed by atoms with Gasteiger partial charge in [-0.1, -0.05) is 0 Å². The number of carbonyl (C=O) groups is 1. The lowest BCUT2D eigenvalue weighted by atomic mass is 9.94. The molecule has 0 spiro atoms. The van der Waals surface area contributed by atoms with Crippen molar-refractivity contribution in [2.24, 2.45) is 5.92 Å². The van der Waals surface area contributed by atoms with E-state index in [4.69, 9.17) is 4.74 Å². The molecule has 2 heterocycles. The molecule has 0 unspecified atom stereocenters. The molecule has 15 heavy (non-hydrogen) atoms. The maximum atomic E-state index is 11.6. The number of ether oxygens (including phenoxy) is 1. The molecular weight excluding hydrogens is 198 g/mol. The van der Waals surface area contributed by atoms with Gasteiger partial charge in [-0.05, 0) is 13.3 Å². The summed E-state index contributed by atoms with van der Waals surface area (Å²) in [4.78, 5) is 13.6. The zero-order valence-corrected chi connectivity index (χ0v) is 8.80. The molecule has 0 saturated carbocycles. The first kappa shape index (κ1) is 10.9. The van der Waals surface area contributed by atoms with E-state index in [2.05, 4.69) is 0 Å². The normalized spacial score (nSPS) is 40.5. The van der Waals surface area contributed by atoms with Crippen molar-refractivity contribution < 1.29 is 19.7 Å². The van der Waals surface area contributed by atoms with E-state index in [9.17, 15) is 15.0 Å². The van der Waals surface area contributed by atoms with Crippen molar-refractivity contribution in [1.29, 1.82) is 0 Å². The lowest BCUT2D eigenvalue weighted by Crippen LogP contribution is -2.40. The van der Waals surface area contributed by atoms with Crippen LogP contribution in [-0.2, 0) is 9.53 Å². The average Bonchev–Trinajstić information content (AvgIpc) is 2.67. The molecule has 2 N–H and O–H groups in total. The van der Waals surface area contributed by atoms with Crippen molar-refractivity contribution in [3.63, 3.8) is 0 Å². The number of aliphatic hydroxyl groups is 2. The van der Waals surface area contributed by atoms with Crippen molar-refractivity contribution in [3.05, 3.63) is 0 Å². The number of esters is 1. The maximum absolute atomic E-state index is 11.6. The number of hydrogen-bond acceptors (Lipinski definition) is 5. The lowest BCUT2D eigenvalue weighted by molar-refractivity contribution is -0.152. The van der Waals surface area contributed by atoms with Crippen LogP contribution in [0.1, 0.15) is 13.3 Å². The predicted molar refractivity (Wildman–Crippen MR) is 52.1 cm³/mol. The predicted octanol–water partition coefficient (Wildman–Crippen LogP) is -1.02. The van der Waals surface area contributed by atoms with Crippen molar-refractivity contribution in [2.75, 3.05) is 19.7 Å². The Kier molecular flexibility index (Phi) is 2.95. The van der Waals surface area contributed by atoms with Gasteiger partial charge in [-0.3, -0.25) is 9.69 Å². The highest BCUT2D eigenvalue weighted by molar-refractivity contribution is 5.74. The van der Waals surface area contributed by atoms with Gasteiger partial charge in [0, 0.05) is 13.1 Å². The van der Waals surface area contributed by atoms with E-state index in [1.165, 1.54) is 0 Å². The first-order chi connectivity index (χ1) is 7.15. The summed E-state index contributed by atoms with van der Waals surface area (Å²) >= 11 is 0. The smallest absolute Gasteiger partial charge is 0.313 e. The van der Waals surface area contributed by atoms with Crippen LogP contribution in [0.25, 0.3) is 0 Å². The summed E-state index contributed by atoms with van der Waals surface area (Å²) in [6.45, 7) is 3.26. The molecule has 86 valence electrons. The van der Waals surface area contributed by atoms with Gasteiger partial charge in [0.05, 0.1) is 24.9 Å². The molecule has 4 atom stereocenters. The third-order valence-corrected chi connectivity index (χ3v) is 3.29. The fourth-order valence-electron chi connectivity index (χ4n) is 2.66. The van der Waals surface area contributed by atoms with Crippen LogP contribution in [-0.4, -0.2) is 59.0 Å². The molecule has 2 rings (SSSR count). The summed E-state index contributed by atoms with van der Waals surface area (Å²) < 4.78 is 4.92. The third kappa shape index (κ3) is 1.75. The van der Waals surface area contributed by atoms with Gasteiger partial charge in [0.15, 0.2) is 0 Å². The Morgan fingerprint density at radius 3 is 2.87 bits per heavy atom. The second-order valence-corrected chi connectivity index (χ2v) is 4.19. The van der Waals surface area contributed by atoms with E-state index in [0.29, 0.717) is 19.6 Å². The van der Waals surface area contributed by atoms with Crippen LogP contribution >= 0.6 is 0 Å². The van der Waals surface area contributed by atoms with E-state index in [1.807, 2.05) is 4.90 Å². The van der Waals surface area contributed by atoms with Crippen LogP contribution in [0, 0.1) is 5.92 Å². The molecule has 5 nitrogen and oxygen atoms in total. The van der Waals surface area contributed by atoms with E-state index in [1.54, 1.807) is 6.92 Å². The summed E-state index contributed by atoms with van der Waals surface area (Å²) in [7, 11) is 0. The second-order valence-electron chi connectivity index (χ2n) is 4.19. The molecular formula is C10H17NO4. The quantitative estimate of drug-likeness (QED) is 0.577. The molecule has 0 aromatic rings. The molecule has 2 aliphatic heterocycles. The van der Waals surface area contributed by atoms with Crippen LogP contribution in [0.5, 0.6) is 0 Å². The van der Waals surface area contributed by atoms with Gasteiger partial charge in [0.2, 0.25) is 0 Å². The van der Waals surface area contributed by atoms with Gasteiger partial charge in [0.1, 0.15) is 5.92 Å². The van der Waals surface area contributed by atoms with Crippen molar-refractivity contribution in [3.8, 4) is 0 Å². The highest BCUT2D eigenvalue weighted by Crippen LogP contribution is 2.34. The van der Waals surface area contributed by atoms with Gasteiger partial charge in [-0.2, -0.15) is 0 Å². The number of hydrogen-bond donors (Lipinski definition) is 2. The van der Waals surface area contributed by atoms with E-state index >= 15 is 0 Å². The van der Waals surface area contributed by atoms with E-state index in [-0.39, 0.29) is 6.04 Å².